The number of para-hydroxylation sites is 1. The minimum atomic E-state index is -1.93. The minimum Gasteiger partial charge on any atom is -0.476 e. The third-order valence-corrected chi connectivity index (χ3v) is 6.51. The third kappa shape index (κ3) is 2.06. The summed E-state index contributed by atoms with van der Waals surface area (Å²) in [5, 5.41) is 9.06. The maximum atomic E-state index is 15.6. The normalized spacial score (nSPS) is 26.5. The van der Waals surface area contributed by atoms with Crippen molar-refractivity contribution in [1.29, 1.82) is 0 Å². The van der Waals surface area contributed by atoms with Crippen molar-refractivity contribution in [3.63, 3.8) is 0 Å². The molecule has 3 rings (SSSR count). The molecule has 4 nitrogen and oxygen atoms in total. The molecule has 0 saturated carbocycles. The molecule has 0 amide bonds. The van der Waals surface area contributed by atoms with Crippen molar-refractivity contribution in [2.75, 3.05) is 0 Å². The van der Waals surface area contributed by atoms with Gasteiger partial charge in [-0.1, -0.05) is 19.1 Å². The maximum absolute atomic E-state index is 15.6. The molecule has 7 heteroatoms. The smallest absolute Gasteiger partial charge is 0.365 e. The molecule has 2 unspecified atom stereocenters. The summed E-state index contributed by atoms with van der Waals surface area (Å²) in [6, 6.07) is 7.05. The summed E-state index contributed by atoms with van der Waals surface area (Å²) in [5.41, 5.74) is -1.00. The predicted molar refractivity (Wildman–Crippen MR) is 85.5 cm³/mol. The monoisotopic (exact) mass is 385 g/mol. The van der Waals surface area contributed by atoms with E-state index in [1.807, 2.05) is 0 Å². The molecule has 22 heavy (non-hydrogen) atoms. The zero-order valence-corrected chi connectivity index (χ0v) is 14.3. The van der Waals surface area contributed by atoms with Gasteiger partial charge in [-0.2, -0.15) is 0 Å². The number of carboxylic acid groups (broad SMARTS) is 1. The van der Waals surface area contributed by atoms with Gasteiger partial charge in [0.05, 0.1) is 10.6 Å². The summed E-state index contributed by atoms with van der Waals surface area (Å²) in [6.45, 7) is 3.19. The summed E-state index contributed by atoms with van der Waals surface area (Å²) in [5.74, 6) is -0.685. The average Bonchev–Trinajstić information content (AvgIpc) is 2.90. The van der Waals surface area contributed by atoms with Gasteiger partial charge in [0.2, 0.25) is 9.52 Å². The number of alkyl halides is 2. The number of halogens is 2. The number of aromatic nitrogens is 1. The van der Waals surface area contributed by atoms with E-state index in [0.717, 1.165) is 11.3 Å². The van der Waals surface area contributed by atoms with Crippen LogP contribution in [0.2, 0.25) is 0 Å². The molecule has 1 aliphatic rings. The van der Waals surface area contributed by atoms with Gasteiger partial charge >= 0.3 is 5.97 Å². The van der Waals surface area contributed by atoms with Crippen molar-refractivity contribution >= 4 is 33.2 Å². The van der Waals surface area contributed by atoms with E-state index in [1.54, 1.807) is 31.2 Å². The number of thiazole rings is 1. The Balaban J connectivity index is 2.36. The van der Waals surface area contributed by atoms with E-state index in [0.29, 0.717) is 23.4 Å². The number of ether oxygens (including phenoxy) is 1. The maximum Gasteiger partial charge on any atom is 0.365 e. The van der Waals surface area contributed by atoms with Gasteiger partial charge in [0.25, 0.3) is 0 Å². The van der Waals surface area contributed by atoms with Crippen molar-refractivity contribution in [1.82, 2.24) is 4.98 Å². The highest BCUT2D eigenvalue weighted by Gasteiger charge is 2.54. The van der Waals surface area contributed by atoms with E-state index in [1.165, 1.54) is 6.92 Å². The third-order valence-electron chi connectivity index (χ3n) is 3.81. The summed E-state index contributed by atoms with van der Waals surface area (Å²) < 4.78 is 20.2. The van der Waals surface area contributed by atoms with Crippen molar-refractivity contribution in [3.8, 4) is 17.0 Å². The Bertz CT molecular complexity index is 761. The zero-order valence-electron chi connectivity index (χ0n) is 11.9. The largest absolute Gasteiger partial charge is 0.476 e. The van der Waals surface area contributed by atoms with Gasteiger partial charge in [0.15, 0.2) is 5.67 Å². The van der Waals surface area contributed by atoms with Gasteiger partial charge in [-0.05, 0) is 41.4 Å². The van der Waals surface area contributed by atoms with Gasteiger partial charge in [-0.25, -0.2) is 14.2 Å². The van der Waals surface area contributed by atoms with Crippen molar-refractivity contribution in [2.45, 2.75) is 30.4 Å². The second-order valence-electron chi connectivity index (χ2n) is 5.19. The average molecular weight is 386 g/mol. The van der Waals surface area contributed by atoms with Crippen molar-refractivity contribution < 1.29 is 19.0 Å². The van der Waals surface area contributed by atoms with E-state index in [2.05, 4.69) is 20.9 Å². The number of hydrogen-bond acceptors (Lipinski definition) is 4. The lowest BCUT2D eigenvalue weighted by atomic mass is 9.95. The fourth-order valence-electron chi connectivity index (χ4n) is 2.51. The lowest BCUT2D eigenvalue weighted by Crippen LogP contribution is -2.45. The van der Waals surface area contributed by atoms with Crippen LogP contribution in [0.15, 0.2) is 24.3 Å². The van der Waals surface area contributed by atoms with Crippen LogP contribution in [0.25, 0.3) is 11.3 Å². The number of aromatic carboxylic acids is 1. The highest BCUT2D eigenvalue weighted by atomic mass is 79.9. The molecule has 1 aromatic heterocycles. The molecule has 0 saturated heterocycles. The van der Waals surface area contributed by atoms with Gasteiger partial charge in [-0.15, -0.1) is 11.3 Å². The SMILES string of the molecule is CCC1(Br)Oc2ccccc2-c2nc(C(=O)O)sc2C1(C)F. The second kappa shape index (κ2) is 5.03. The Hall–Kier alpha value is -1.47. The lowest BCUT2D eigenvalue weighted by molar-refractivity contribution is -0.000165. The molecular formula is C15H13BrFNO3S. The van der Waals surface area contributed by atoms with E-state index in [-0.39, 0.29) is 9.88 Å². The first-order chi connectivity index (χ1) is 10.3. The Morgan fingerprint density at radius 1 is 1.50 bits per heavy atom. The first-order valence-corrected chi connectivity index (χ1v) is 8.32. The summed E-state index contributed by atoms with van der Waals surface area (Å²) in [6.07, 6.45) is 0.355. The van der Waals surface area contributed by atoms with E-state index in [9.17, 15) is 9.90 Å². The molecule has 0 fully saturated rings. The highest BCUT2D eigenvalue weighted by molar-refractivity contribution is 9.10. The molecule has 0 bridgehead atoms. The van der Waals surface area contributed by atoms with Crippen LogP contribution in [0, 0.1) is 0 Å². The van der Waals surface area contributed by atoms with Gasteiger partial charge in [0.1, 0.15) is 5.75 Å². The molecule has 0 aliphatic carbocycles. The molecule has 0 radical (unpaired) electrons. The standard InChI is InChI=1S/C15H13BrFNO3S/c1-3-15(16)14(2,17)11-10(18-12(22-11)13(19)20)8-6-4-5-7-9(8)21-15/h4-7H,3H2,1-2H3,(H,19,20). The predicted octanol–water partition coefficient (Wildman–Crippen LogP) is 4.59. The first-order valence-electron chi connectivity index (χ1n) is 6.71. The van der Waals surface area contributed by atoms with Crippen LogP contribution in [0.4, 0.5) is 4.39 Å². The minimum absolute atomic E-state index is 0.128. The molecule has 2 atom stereocenters. The Kier molecular flexibility index (Phi) is 3.52. The number of rotatable bonds is 2. The number of fused-ring (bicyclic) bond motifs is 3. The molecular weight excluding hydrogens is 373 g/mol. The highest BCUT2D eigenvalue weighted by Crippen LogP contribution is 2.55. The molecule has 116 valence electrons. The van der Waals surface area contributed by atoms with Crippen molar-refractivity contribution in [3.05, 3.63) is 34.2 Å². The lowest BCUT2D eigenvalue weighted by Gasteiger charge is -2.36. The summed E-state index contributed by atoms with van der Waals surface area (Å²) in [7, 11) is 0. The van der Waals surface area contributed by atoms with Crippen LogP contribution in [0.5, 0.6) is 5.75 Å². The molecule has 0 spiro atoms. The van der Waals surface area contributed by atoms with Crippen LogP contribution >= 0.6 is 27.3 Å². The first kappa shape index (κ1) is 15.4. The number of carboxylic acids is 1. The van der Waals surface area contributed by atoms with Crippen LogP contribution in [0.3, 0.4) is 0 Å². The number of carbonyl (C=O) groups is 1. The number of nitrogens with zero attached hydrogens (tertiary/aromatic N) is 1. The van der Waals surface area contributed by atoms with Gasteiger partial charge < -0.3 is 9.84 Å². The molecule has 1 aliphatic heterocycles. The number of benzene rings is 1. The fourth-order valence-corrected chi connectivity index (χ4v) is 4.04. The molecule has 2 heterocycles. The van der Waals surface area contributed by atoms with E-state index >= 15 is 4.39 Å². The van der Waals surface area contributed by atoms with Gasteiger partial charge in [-0.3, -0.25) is 0 Å². The quantitative estimate of drug-likeness (QED) is 0.768. The zero-order chi connectivity index (χ0) is 16.1. The topological polar surface area (TPSA) is 59.4 Å². The van der Waals surface area contributed by atoms with E-state index in [4.69, 9.17) is 4.74 Å². The second-order valence-corrected chi connectivity index (χ2v) is 7.47. The Labute approximate surface area is 139 Å². The van der Waals surface area contributed by atoms with Crippen LogP contribution in [0.1, 0.15) is 34.9 Å². The van der Waals surface area contributed by atoms with Crippen LogP contribution in [-0.4, -0.2) is 20.6 Å². The van der Waals surface area contributed by atoms with E-state index < -0.39 is 16.1 Å². The summed E-state index contributed by atoms with van der Waals surface area (Å²) in [4.78, 5) is 15.6. The molecule has 1 N–H and O–H groups in total. The number of hydrogen-bond donors (Lipinski definition) is 1. The van der Waals surface area contributed by atoms with Crippen LogP contribution in [-0.2, 0) is 5.67 Å². The van der Waals surface area contributed by atoms with Gasteiger partial charge in [0, 0.05) is 5.56 Å². The van der Waals surface area contributed by atoms with Crippen molar-refractivity contribution in [2.24, 2.45) is 0 Å². The fraction of sp³-hybridized carbons (Fsp3) is 0.333. The molecule has 1 aromatic carbocycles. The van der Waals surface area contributed by atoms with Crippen LogP contribution < -0.4 is 4.74 Å². The summed E-state index contributed by atoms with van der Waals surface area (Å²) >= 11 is 4.24. The Morgan fingerprint density at radius 2 is 2.18 bits per heavy atom. The molecule has 2 aromatic rings. The Morgan fingerprint density at radius 3 is 2.82 bits per heavy atom.